The number of phenols is 1. The number of phenolic OH excluding ortho intramolecular Hbond substituents is 1. The summed E-state index contributed by atoms with van der Waals surface area (Å²) in [4.78, 5) is 75.4. The number of aliphatic hydroxyl groups excluding tert-OH is 1. The van der Waals surface area contributed by atoms with Crippen molar-refractivity contribution in [1.29, 1.82) is 0 Å². The molecule has 0 saturated carbocycles. The predicted octanol–water partition coefficient (Wildman–Crippen LogP) is 7.38. The Morgan fingerprint density at radius 2 is 1.59 bits per heavy atom. The molecule has 2 aliphatic rings. The van der Waals surface area contributed by atoms with Gasteiger partial charge in [0.1, 0.15) is 35.8 Å². The zero-order valence-corrected chi connectivity index (χ0v) is 50.8. The minimum atomic E-state index is -0.990. The van der Waals surface area contributed by atoms with Crippen molar-refractivity contribution in [3.63, 3.8) is 0 Å². The molecule has 2 unspecified atom stereocenters. The number of carbonyl (C=O) groups is 4. The zero-order chi connectivity index (χ0) is 60.8. The third-order valence-electron chi connectivity index (χ3n) is 15.1. The summed E-state index contributed by atoms with van der Waals surface area (Å²) in [6, 6.07) is 17.8. The van der Waals surface area contributed by atoms with E-state index in [2.05, 4.69) is 37.4 Å². The van der Waals surface area contributed by atoms with Crippen LogP contribution in [-0.2, 0) is 38.1 Å². The summed E-state index contributed by atoms with van der Waals surface area (Å²) >= 11 is 8.47. The number of amides is 4. The number of likely N-dealkylation sites (N-methyl/N-ethyl adjacent to an activating group) is 1. The Hall–Kier alpha value is -6.89. The minimum Gasteiger partial charge on any atom is -0.508 e. The number of aromatic nitrogens is 3. The fraction of sp³-hybridized carbons (Fsp3) is 0.468. The number of hydrogen-bond donors (Lipinski definition) is 5. The van der Waals surface area contributed by atoms with Gasteiger partial charge in [0.05, 0.1) is 79.5 Å². The largest absolute Gasteiger partial charge is 0.508 e. The first-order valence-electron chi connectivity index (χ1n) is 28.7. The average molecular weight is 1210 g/mol. The number of nitrogens with zero attached hydrogens (tertiary/aromatic N) is 7. The zero-order valence-electron chi connectivity index (χ0n) is 49.2. The fourth-order valence-corrected chi connectivity index (χ4v) is 11.5. The van der Waals surface area contributed by atoms with Gasteiger partial charge in [0.15, 0.2) is 5.82 Å². The third kappa shape index (κ3) is 16.8. The first-order chi connectivity index (χ1) is 40.8. The quantitative estimate of drug-likeness (QED) is 0.0238. The van der Waals surface area contributed by atoms with Crippen molar-refractivity contribution in [2.24, 2.45) is 5.41 Å². The monoisotopic (exact) mass is 1210 g/mol. The number of aromatic hydroxyl groups is 1. The normalized spacial score (nSPS) is 16.3. The van der Waals surface area contributed by atoms with Gasteiger partial charge in [-0.3, -0.25) is 19.2 Å². The van der Waals surface area contributed by atoms with Crippen molar-refractivity contribution in [3.8, 4) is 27.3 Å². The van der Waals surface area contributed by atoms with E-state index in [0.29, 0.717) is 89.1 Å². The molecule has 0 bridgehead atoms. The molecule has 2 saturated heterocycles. The van der Waals surface area contributed by atoms with E-state index in [-0.39, 0.29) is 78.4 Å². The van der Waals surface area contributed by atoms with Crippen LogP contribution in [-0.4, -0.2) is 194 Å². The number of anilines is 2. The number of nitrogens with one attached hydrogen (secondary N) is 3. The summed E-state index contributed by atoms with van der Waals surface area (Å²) in [6.07, 6.45) is 1.20. The van der Waals surface area contributed by atoms with Crippen molar-refractivity contribution < 1.29 is 52.7 Å². The van der Waals surface area contributed by atoms with E-state index >= 15 is 4.39 Å². The number of carbonyl (C=O) groups excluding carboxylic acids is 4. The van der Waals surface area contributed by atoms with E-state index in [0.717, 1.165) is 45.4 Å². The second-order valence-electron chi connectivity index (χ2n) is 22.4. The number of fused-ring (bicyclic) bond motifs is 2. The maximum absolute atomic E-state index is 17.0. The second kappa shape index (κ2) is 30.0. The highest BCUT2D eigenvalue weighted by Crippen LogP contribution is 2.42. The van der Waals surface area contributed by atoms with Gasteiger partial charge < -0.3 is 64.7 Å². The van der Waals surface area contributed by atoms with Gasteiger partial charge >= 0.3 is 0 Å². The molecule has 4 heterocycles. The third-order valence-corrected chi connectivity index (χ3v) is 16.3. The first kappa shape index (κ1) is 64.1. The van der Waals surface area contributed by atoms with Gasteiger partial charge in [0, 0.05) is 63.2 Å². The van der Waals surface area contributed by atoms with Crippen LogP contribution in [0.25, 0.3) is 43.2 Å². The van der Waals surface area contributed by atoms with Crippen LogP contribution in [0.5, 0.6) is 5.75 Å². The molecule has 456 valence electrons. The molecule has 8 rings (SSSR count). The fourth-order valence-electron chi connectivity index (χ4n) is 10.4. The van der Waals surface area contributed by atoms with Crippen LogP contribution in [0.2, 0.25) is 5.02 Å². The molecular weight excluding hydrogens is 1130 g/mol. The lowest BCUT2D eigenvalue weighted by molar-refractivity contribution is -0.144. The van der Waals surface area contributed by atoms with Crippen LogP contribution in [0.3, 0.4) is 0 Å². The van der Waals surface area contributed by atoms with Gasteiger partial charge in [-0.25, -0.2) is 14.4 Å². The summed E-state index contributed by atoms with van der Waals surface area (Å²) in [5.41, 5.74) is 4.61. The highest BCUT2D eigenvalue weighted by molar-refractivity contribution is 7.13. The van der Waals surface area contributed by atoms with E-state index in [1.165, 1.54) is 17.0 Å². The summed E-state index contributed by atoms with van der Waals surface area (Å²) in [5, 5.41) is 32.4. The van der Waals surface area contributed by atoms with Crippen LogP contribution in [0.1, 0.15) is 57.8 Å². The van der Waals surface area contributed by atoms with Crippen LogP contribution < -0.4 is 20.9 Å². The van der Waals surface area contributed by atoms with Crippen molar-refractivity contribution in [2.45, 2.75) is 71.7 Å². The van der Waals surface area contributed by atoms with Crippen LogP contribution in [0.4, 0.5) is 16.2 Å². The van der Waals surface area contributed by atoms with Gasteiger partial charge in [-0.2, -0.15) is 4.98 Å². The Balaban J connectivity index is 0.704. The molecule has 4 amide bonds. The summed E-state index contributed by atoms with van der Waals surface area (Å²) in [6.45, 7) is 18.5. The maximum atomic E-state index is 17.0. The van der Waals surface area contributed by atoms with E-state index < -0.39 is 41.2 Å². The Morgan fingerprint density at radius 1 is 0.906 bits per heavy atom. The van der Waals surface area contributed by atoms with E-state index in [1.807, 2.05) is 101 Å². The SMILES string of the molecule is C=CC(=O)N1CCN(c2nc(NCCCN(C)CCOCCOCCOCCOCC(=O)NC(C(=O)N3C[C@H](O)C[C@H]3C(=O)NC(C)c3ccc(-c4scnc4C)cc3)C(C)(C)C)nc3c(F)c(-c4cc(O)cc5ccccc45)c(Cl)cc23)CC1. The van der Waals surface area contributed by atoms with Crippen LogP contribution >= 0.6 is 22.9 Å². The number of thiazole rings is 1. The molecule has 0 spiro atoms. The minimum absolute atomic E-state index is 0.0207. The molecule has 0 aliphatic carbocycles. The lowest BCUT2D eigenvalue weighted by Crippen LogP contribution is -2.58. The summed E-state index contributed by atoms with van der Waals surface area (Å²) in [5.74, 6) is -1.41. The molecule has 2 aromatic heterocycles. The molecule has 2 fully saturated rings. The molecule has 20 nitrogen and oxygen atoms in total. The lowest BCUT2D eigenvalue weighted by atomic mass is 9.85. The molecule has 0 radical (unpaired) electrons. The second-order valence-corrected chi connectivity index (χ2v) is 23.7. The molecule has 85 heavy (non-hydrogen) atoms. The van der Waals surface area contributed by atoms with E-state index in [9.17, 15) is 29.4 Å². The molecule has 6 aromatic rings. The van der Waals surface area contributed by atoms with Gasteiger partial charge in [0.25, 0.3) is 0 Å². The average Bonchev–Trinajstić information content (AvgIpc) is 1.75. The van der Waals surface area contributed by atoms with Crippen molar-refractivity contribution >= 4 is 80.0 Å². The molecule has 4 atom stereocenters. The summed E-state index contributed by atoms with van der Waals surface area (Å²) in [7, 11) is 2.00. The Labute approximate surface area is 504 Å². The van der Waals surface area contributed by atoms with Gasteiger partial charge in [-0.1, -0.05) is 87.5 Å². The van der Waals surface area contributed by atoms with Crippen molar-refractivity contribution in [1.82, 2.24) is 40.3 Å². The highest BCUT2D eigenvalue weighted by atomic mass is 35.5. The first-order valence-corrected chi connectivity index (χ1v) is 30.0. The molecule has 23 heteroatoms. The number of likely N-dealkylation sites (tertiary alicyclic amines) is 1. The van der Waals surface area contributed by atoms with Gasteiger partial charge in [-0.05, 0) is 91.0 Å². The molecule has 5 N–H and O–H groups in total. The Morgan fingerprint density at radius 3 is 2.26 bits per heavy atom. The van der Waals surface area contributed by atoms with Crippen LogP contribution in [0.15, 0.2) is 84.9 Å². The number of rotatable bonds is 28. The number of halogens is 2. The highest BCUT2D eigenvalue weighted by Gasteiger charge is 2.45. The number of β-amino-alcohol motifs (C(OH)–C–C–N with tert-alkyl or cyclic N) is 1. The van der Waals surface area contributed by atoms with E-state index in [4.69, 9.17) is 35.5 Å². The predicted molar refractivity (Wildman–Crippen MR) is 328 cm³/mol. The van der Waals surface area contributed by atoms with E-state index in [1.54, 1.807) is 28.4 Å². The number of hydrogen-bond acceptors (Lipinski definition) is 17. The topological polar surface area (TPSA) is 233 Å². The molecular formula is C62H78ClFN10O10S. The summed E-state index contributed by atoms with van der Waals surface area (Å²) < 4.78 is 39.6. The Kier molecular flexibility index (Phi) is 22.6. The number of benzene rings is 4. The number of ether oxygens (including phenoxy) is 4. The number of piperazine rings is 1. The number of aliphatic hydroxyl groups is 1. The molecule has 2 aliphatic heterocycles. The lowest BCUT2D eigenvalue weighted by Gasteiger charge is -2.35. The number of aryl methyl sites for hydroxylation is 1. The Bertz CT molecular complexity index is 3290. The standard InChI is InChI=1S/C62H78ClFN10O10S/c1-8-52(78)72-20-22-73(23-21-72)58-48-35-49(63)53(47-33-44(75)32-43-12-9-10-13-46(43)47)54(64)55(48)69-61(70-58)65-18-11-19-71(7)24-25-81-26-27-82-28-29-83-30-31-84-37-51(77)68-57(62(4,5)6)60(80)74-36-45(76)34-50(74)59(79)67-39(2)41-14-16-42(17-15-41)56-40(3)66-38-85-56/h8-10,12-17,32-33,35,38-39,45,50,57,75-76H,1,11,18-31,34,36-37H2,2-7H3,(H,67,79)(H,68,77)(H,65,69,70)/t39?,45-,50+,57?/m1/s1. The van der Waals surface area contributed by atoms with Gasteiger partial charge in [0.2, 0.25) is 29.6 Å². The van der Waals surface area contributed by atoms with Crippen molar-refractivity contribution in [2.75, 3.05) is 122 Å². The van der Waals surface area contributed by atoms with Gasteiger partial charge in [-0.15, -0.1) is 11.3 Å². The van der Waals surface area contributed by atoms with Crippen molar-refractivity contribution in [3.05, 3.63) is 107 Å². The smallest absolute Gasteiger partial charge is 0.246 e. The van der Waals surface area contributed by atoms with Crippen LogP contribution in [0, 0.1) is 18.2 Å². The molecule has 4 aromatic carbocycles. The maximum Gasteiger partial charge on any atom is 0.246 e.